The van der Waals surface area contributed by atoms with Crippen molar-refractivity contribution in [3.05, 3.63) is 70.6 Å². The minimum atomic E-state index is -3.42. The third-order valence-electron chi connectivity index (χ3n) is 8.12. The van der Waals surface area contributed by atoms with Gasteiger partial charge >= 0.3 is 0 Å². The van der Waals surface area contributed by atoms with Crippen molar-refractivity contribution in [3.8, 4) is 5.75 Å². The molecular weight excluding hydrogens is 596 g/mol. The van der Waals surface area contributed by atoms with Crippen LogP contribution in [0.2, 0.25) is 0 Å². The minimum absolute atomic E-state index is 0.0825. The first-order valence-electron chi connectivity index (χ1n) is 15.7. The van der Waals surface area contributed by atoms with Crippen molar-refractivity contribution >= 4 is 15.9 Å². The van der Waals surface area contributed by atoms with Gasteiger partial charge in [0.05, 0.1) is 38.3 Å². The second kappa shape index (κ2) is 17.4. The maximum Gasteiger partial charge on any atom is 0.254 e. The molecule has 1 aliphatic rings. The number of carbonyl (C=O) groups excluding carboxylic acids is 1. The van der Waals surface area contributed by atoms with Crippen LogP contribution in [0.3, 0.4) is 0 Å². The molecule has 2 atom stereocenters. The Labute approximate surface area is 269 Å². The maximum atomic E-state index is 14.0. The van der Waals surface area contributed by atoms with Crippen molar-refractivity contribution in [2.75, 3.05) is 73.1 Å². The van der Waals surface area contributed by atoms with Crippen LogP contribution in [-0.4, -0.2) is 103 Å². The summed E-state index contributed by atoms with van der Waals surface area (Å²) in [6.07, 6.45) is 2.66. The molecule has 1 radical (unpaired) electrons. The first kappa shape index (κ1) is 36.9. The summed E-state index contributed by atoms with van der Waals surface area (Å²) in [6.45, 7) is 8.90. The number of nitrogens with one attached hydrogen (secondary N) is 1. The number of amides is 1. The molecule has 0 saturated carbocycles. The minimum Gasteiger partial charge on any atom is -0.494 e. The van der Waals surface area contributed by atoms with Gasteiger partial charge in [-0.3, -0.25) is 4.79 Å². The Morgan fingerprint density at radius 2 is 1.69 bits per heavy atom. The molecule has 3 rings (SSSR count). The van der Waals surface area contributed by atoms with Gasteiger partial charge < -0.3 is 29.0 Å². The molecule has 10 nitrogen and oxygen atoms in total. The van der Waals surface area contributed by atoms with Crippen LogP contribution in [0.15, 0.2) is 42.5 Å². The molecule has 1 amide bonds. The fourth-order valence-corrected chi connectivity index (χ4v) is 6.66. The van der Waals surface area contributed by atoms with Gasteiger partial charge in [0.25, 0.3) is 5.91 Å². The molecule has 0 aliphatic carbocycles. The lowest BCUT2D eigenvalue weighted by atomic mass is 9.64. The fraction of sp³-hybridized carbons (Fsp3) is 0.588. The number of carbonyl (C=O) groups is 1. The van der Waals surface area contributed by atoms with E-state index < -0.39 is 21.5 Å². The number of ether oxygens (including phenoxy) is 4. The SMILES string of the molecule is CCOc1ccccc1C([C](c1cccc(C(=O)N2CCOCC2)c1CCOC)C(C)(C)O)C(CCNS(C)(=O)=O)CCOC. The van der Waals surface area contributed by atoms with Gasteiger partial charge in [-0.15, -0.1) is 0 Å². The zero-order valence-electron chi connectivity index (χ0n) is 27.6. The van der Waals surface area contributed by atoms with Crippen LogP contribution in [0.5, 0.6) is 5.75 Å². The molecule has 1 heterocycles. The molecule has 251 valence electrons. The lowest BCUT2D eigenvalue weighted by molar-refractivity contribution is 0.0301. The van der Waals surface area contributed by atoms with Crippen molar-refractivity contribution in [1.82, 2.24) is 9.62 Å². The van der Waals surface area contributed by atoms with Crippen LogP contribution >= 0.6 is 0 Å². The highest BCUT2D eigenvalue weighted by molar-refractivity contribution is 7.88. The van der Waals surface area contributed by atoms with Gasteiger partial charge in [-0.25, -0.2) is 13.1 Å². The van der Waals surface area contributed by atoms with Crippen molar-refractivity contribution in [2.24, 2.45) is 5.92 Å². The topological polar surface area (TPSA) is 124 Å². The Morgan fingerprint density at radius 1 is 1.02 bits per heavy atom. The highest BCUT2D eigenvalue weighted by Crippen LogP contribution is 2.50. The second-order valence-electron chi connectivity index (χ2n) is 11.9. The number of hydrogen-bond donors (Lipinski definition) is 2. The summed E-state index contributed by atoms with van der Waals surface area (Å²) in [5.41, 5.74) is 1.67. The molecule has 2 aromatic rings. The van der Waals surface area contributed by atoms with Crippen molar-refractivity contribution in [2.45, 2.75) is 51.6 Å². The van der Waals surface area contributed by atoms with E-state index in [0.717, 1.165) is 28.9 Å². The van der Waals surface area contributed by atoms with E-state index in [0.29, 0.717) is 76.7 Å². The first-order chi connectivity index (χ1) is 21.4. The van der Waals surface area contributed by atoms with Gasteiger partial charge in [-0.05, 0) is 74.8 Å². The number of benzene rings is 2. The number of nitrogens with zero attached hydrogens (tertiary/aromatic N) is 1. The highest BCUT2D eigenvalue weighted by Gasteiger charge is 2.43. The van der Waals surface area contributed by atoms with Gasteiger partial charge in [0, 0.05) is 57.9 Å². The summed E-state index contributed by atoms with van der Waals surface area (Å²) in [4.78, 5) is 15.8. The van der Waals surface area contributed by atoms with Crippen LogP contribution in [0.25, 0.3) is 0 Å². The van der Waals surface area contributed by atoms with E-state index in [-0.39, 0.29) is 18.4 Å². The first-order valence-corrected chi connectivity index (χ1v) is 17.5. The van der Waals surface area contributed by atoms with E-state index >= 15 is 0 Å². The molecule has 1 aliphatic heterocycles. The van der Waals surface area contributed by atoms with Gasteiger partial charge in [0.2, 0.25) is 10.0 Å². The number of methoxy groups -OCH3 is 2. The normalized spacial score (nSPS) is 15.7. The molecule has 0 bridgehead atoms. The maximum absolute atomic E-state index is 14.0. The number of sulfonamides is 1. The zero-order valence-corrected chi connectivity index (χ0v) is 28.5. The molecular formula is C34H51N2O8S. The smallest absolute Gasteiger partial charge is 0.254 e. The standard InChI is InChI=1S/C34H51N2O8S/c1-7-44-30-14-9-8-11-29(30)31(25(16-21-41-4)15-18-35-45(6,39)40)32(34(2,3)38)27-12-10-13-28(26(27)17-22-42-5)33(37)36-19-23-43-24-20-36/h8-14,25,31,35,38H,7,15-24H2,1-6H3. The van der Waals surface area contributed by atoms with Crippen LogP contribution in [0.1, 0.15) is 66.6 Å². The van der Waals surface area contributed by atoms with E-state index in [1.807, 2.05) is 54.3 Å². The Morgan fingerprint density at radius 3 is 2.31 bits per heavy atom. The molecule has 2 unspecified atom stereocenters. The Hall–Kier alpha value is -2.54. The van der Waals surface area contributed by atoms with Gasteiger partial charge in [0.15, 0.2) is 0 Å². The number of aliphatic hydroxyl groups is 1. The average Bonchev–Trinajstić information content (AvgIpc) is 3.00. The van der Waals surface area contributed by atoms with Gasteiger partial charge in [-0.2, -0.15) is 0 Å². The van der Waals surface area contributed by atoms with Crippen LogP contribution in [0, 0.1) is 11.8 Å². The summed E-state index contributed by atoms with van der Waals surface area (Å²) < 4.78 is 49.4. The predicted molar refractivity (Wildman–Crippen MR) is 175 cm³/mol. The predicted octanol–water partition coefficient (Wildman–Crippen LogP) is 3.82. The number of morpholine rings is 1. The summed E-state index contributed by atoms with van der Waals surface area (Å²) in [6, 6.07) is 13.5. The summed E-state index contributed by atoms with van der Waals surface area (Å²) in [5.74, 6) is 0.735. The molecule has 0 aromatic heterocycles. The van der Waals surface area contributed by atoms with E-state index in [9.17, 15) is 18.3 Å². The molecule has 0 spiro atoms. The fourth-order valence-electron chi connectivity index (χ4n) is 6.17. The second-order valence-corrected chi connectivity index (χ2v) is 13.7. The van der Waals surface area contributed by atoms with E-state index in [1.54, 1.807) is 28.1 Å². The number of hydrogen-bond acceptors (Lipinski definition) is 8. The number of para-hydroxylation sites is 1. The van der Waals surface area contributed by atoms with Crippen LogP contribution in [-0.2, 0) is 30.7 Å². The molecule has 45 heavy (non-hydrogen) atoms. The van der Waals surface area contributed by atoms with Crippen LogP contribution < -0.4 is 9.46 Å². The third-order valence-corrected chi connectivity index (χ3v) is 8.85. The van der Waals surface area contributed by atoms with E-state index in [1.165, 1.54) is 0 Å². The average molecular weight is 648 g/mol. The van der Waals surface area contributed by atoms with Crippen molar-refractivity contribution < 1.29 is 37.3 Å². The quantitative estimate of drug-likeness (QED) is 0.251. The zero-order chi connectivity index (χ0) is 33.0. The number of rotatable bonds is 18. The highest BCUT2D eigenvalue weighted by atomic mass is 32.2. The van der Waals surface area contributed by atoms with Crippen LogP contribution in [0.4, 0.5) is 0 Å². The van der Waals surface area contributed by atoms with E-state index in [4.69, 9.17) is 18.9 Å². The Kier molecular flexibility index (Phi) is 14.3. The molecule has 11 heteroatoms. The lowest BCUT2D eigenvalue weighted by Gasteiger charge is -2.42. The molecule has 1 saturated heterocycles. The lowest BCUT2D eigenvalue weighted by Crippen LogP contribution is -2.42. The van der Waals surface area contributed by atoms with Crippen molar-refractivity contribution in [1.29, 1.82) is 0 Å². The van der Waals surface area contributed by atoms with Gasteiger partial charge in [0.1, 0.15) is 5.75 Å². The Balaban J connectivity index is 2.29. The van der Waals surface area contributed by atoms with Gasteiger partial charge in [-0.1, -0.05) is 30.3 Å². The Bertz CT molecular complexity index is 1320. The summed E-state index contributed by atoms with van der Waals surface area (Å²) in [5, 5.41) is 12.1. The molecule has 1 fully saturated rings. The third kappa shape index (κ3) is 10.5. The summed E-state index contributed by atoms with van der Waals surface area (Å²) in [7, 11) is -0.152. The largest absolute Gasteiger partial charge is 0.494 e. The molecule has 2 aromatic carbocycles. The van der Waals surface area contributed by atoms with Crippen molar-refractivity contribution in [3.63, 3.8) is 0 Å². The molecule has 2 N–H and O–H groups in total. The summed E-state index contributed by atoms with van der Waals surface area (Å²) >= 11 is 0. The van der Waals surface area contributed by atoms with E-state index in [2.05, 4.69) is 4.72 Å². The monoisotopic (exact) mass is 647 g/mol.